The van der Waals surface area contributed by atoms with Gasteiger partial charge in [0.2, 0.25) is 5.91 Å². The molecule has 1 heterocycles. The minimum absolute atomic E-state index is 0.00306. The molecule has 1 N–H and O–H groups in total. The summed E-state index contributed by atoms with van der Waals surface area (Å²) in [6.45, 7) is 2.56. The van der Waals surface area contributed by atoms with E-state index in [1.807, 2.05) is 43.5 Å². The Bertz CT molecular complexity index is 478. The van der Waals surface area contributed by atoms with E-state index in [2.05, 4.69) is 5.32 Å². The molecule has 1 aromatic carbocycles. The molecule has 1 aliphatic rings. The van der Waals surface area contributed by atoms with E-state index >= 15 is 0 Å². The molecule has 1 aliphatic heterocycles. The van der Waals surface area contributed by atoms with Crippen LogP contribution in [0.5, 0.6) is 0 Å². The molecule has 1 fully saturated rings. The predicted molar refractivity (Wildman–Crippen MR) is 81.5 cm³/mol. The molecule has 108 valence electrons. The summed E-state index contributed by atoms with van der Waals surface area (Å²) in [6, 6.07) is 8.53. The lowest BCUT2D eigenvalue weighted by molar-refractivity contribution is -0.149. The van der Waals surface area contributed by atoms with E-state index in [0.29, 0.717) is 13.0 Å². The van der Waals surface area contributed by atoms with E-state index in [4.69, 9.17) is 0 Å². The lowest BCUT2D eigenvalue weighted by atomic mass is 9.99. The largest absolute Gasteiger partial charge is 0.339 e. The number of nitrogens with zero attached hydrogens (tertiary/aromatic N) is 1. The highest BCUT2D eigenvalue weighted by molar-refractivity contribution is 7.98. The van der Waals surface area contributed by atoms with Crippen LogP contribution in [0.1, 0.15) is 24.9 Å². The summed E-state index contributed by atoms with van der Waals surface area (Å²) in [5.41, 5.74) is 0.842. The van der Waals surface area contributed by atoms with Gasteiger partial charge in [0.05, 0.1) is 0 Å². The molecule has 5 heteroatoms. The van der Waals surface area contributed by atoms with Gasteiger partial charge in [-0.3, -0.25) is 9.59 Å². The number of hydrogen-bond donors (Lipinski definition) is 1. The molecule has 1 aromatic rings. The van der Waals surface area contributed by atoms with Crippen LogP contribution in [-0.4, -0.2) is 41.3 Å². The van der Waals surface area contributed by atoms with E-state index in [1.54, 1.807) is 16.7 Å². The van der Waals surface area contributed by atoms with Crippen molar-refractivity contribution in [1.29, 1.82) is 0 Å². The van der Waals surface area contributed by atoms with E-state index in [-0.39, 0.29) is 17.9 Å². The van der Waals surface area contributed by atoms with Crippen molar-refractivity contribution in [3.63, 3.8) is 0 Å². The van der Waals surface area contributed by atoms with Crippen molar-refractivity contribution >= 4 is 23.6 Å². The number of hydrogen-bond acceptors (Lipinski definition) is 3. The van der Waals surface area contributed by atoms with Crippen molar-refractivity contribution in [2.75, 3.05) is 18.6 Å². The summed E-state index contributed by atoms with van der Waals surface area (Å²) < 4.78 is 0. The first-order valence-electron chi connectivity index (χ1n) is 6.83. The molecule has 1 saturated heterocycles. The number of nitrogens with one attached hydrogen (secondary N) is 1. The van der Waals surface area contributed by atoms with Crippen LogP contribution in [0.4, 0.5) is 0 Å². The third kappa shape index (κ3) is 2.98. The summed E-state index contributed by atoms with van der Waals surface area (Å²) in [5, 5.41) is 2.85. The first-order chi connectivity index (χ1) is 9.69. The van der Waals surface area contributed by atoms with Gasteiger partial charge < -0.3 is 10.2 Å². The molecule has 0 aromatic heterocycles. The third-order valence-corrected chi connectivity index (χ3v) is 4.14. The monoisotopic (exact) mass is 292 g/mol. The lowest BCUT2D eigenvalue weighted by Gasteiger charge is -2.38. The quantitative estimate of drug-likeness (QED) is 0.900. The van der Waals surface area contributed by atoms with Crippen molar-refractivity contribution in [3.05, 3.63) is 35.9 Å². The fourth-order valence-electron chi connectivity index (χ4n) is 2.49. The summed E-state index contributed by atoms with van der Waals surface area (Å²) in [7, 11) is 0. The maximum absolute atomic E-state index is 12.6. The summed E-state index contributed by atoms with van der Waals surface area (Å²) in [6.07, 6.45) is 2.65. The van der Waals surface area contributed by atoms with Gasteiger partial charge in [-0.1, -0.05) is 37.3 Å². The molecular weight excluding hydrogens is 272 g/mol. The Labute approximate surface area is 123 Å². The van der Waals surface area contributed by atoms with Crippen LogP contribution in [0.15, 0.2) is 30.3 Å². The average Bonchev–Trinajstić information content (AvgIpc) is 2.48. The molecule has 0 aliphatic carbocycles. The number of carbonyl (C=O) groups is 2. The van der Waals surface area contributed by atoms with Crippen LogP contribution in [-0.2, 0) is 9.59 Å². The Morgan fingerprint density at radius 3 is 2.55 bits per heavy atom. The number of piperazine rings is 1. The van der Waals surface area contributed by atoms with Gasteiger partial charge in [0.15, 0.2) is 0 Å². The molecule has 0 saturated carbocycles. The zero-order valence-electron chi connectivity index (χ0n) is 11.8. The zero-order chi connectivity index (χ0) is 14.5. The summed E-state index contributed by atoms with van der Waals surface area (Å²) >= 11 is 1.68. The standard InChI is InChI=1S/C15H20N2O2S/c1-3-12-14(18)16-13(11-7-5-4-6-8-11)15(19)17(12)9-10-20-2/h4-8,12-13H,3,9-10H2,1-2H3,(H,16,18). The number of amides is 2. The normalized spacial score (nSPS) is 22.8. The number of thioether (sulfide) groups is 1. The van der Waals surface area contributed by atoms with Crippen LogP contribution >= 0.6 is 11.8 Å². The van der Waals surface area contributed by atoms with Gasteiger partial charge in [0, 0.05) is 12.3 Å². The highest BCUT2D eigenvalue weighted by atomic mass is 32.2. The minimum atomic E-state index is -0.548. The Kier molecular flexibility index (Phi) is 5.06. The Morgan fingerprint density at radius 1 is 1.25 bits per heavy atom. The fourth-order valence-corrected chi connectivity index (χ4v) is 2.87. The Hall–Kier alpha value is -1.49. The van der Waals surface area contributed by atoms with E-state index in [9.17, 15) is 9.59 Å². The molecule has 2 unspecified atom stereocenters. The molecule has 4 nitrogen and oxygen atoms in total. The second-order valence-electron chi connectivity index (χ2n) is 4.80. The maximum Gasteiger partial charge on any atom is 0.250 e. The van der Waals surface area contributed by atoms with Crippen LogP contribution in [0.2, 0.25) is 0 Å². The van der Waals surface area contributed by atoms with Crippen LogP contribution in [0.3, 0.4) is 0 Å². The van der Waals surface area contributed by atoms with Gasteiger partial charge in [0.25, 0.3) is 5.91 Å². The predicted octanol–water partition coefficient (Wildman–Crippen LogP) is 1.83. The molecule has 0 radical (unpaired) electrons. The van der Waals surface area contributed by atoms with E-state index in [0.717, 1.165) is 11.3 Å². The summed E-state index contributed by atoms with van der Waals surface area (Å²) in [5.74, 6) is 0.788. The molecule has 2 atom stereocenters. The van der Waals surface area contributed by atoms with Crippen LogP contribution in [0.25, 0.3) is 0 Å². The zero-order valence-corrected chi connectivity index (χ0v) is 12.7. The van der Waals surface area contributed by atoms with Crippen molar-refractivity contribution in [3.8, 4) is 0 Å². The molecule has 2 rings (SSSR count). The Morgan fingerprint density at radius 2 is 1.95 bits per heavy atom. The second kappa shape index (κ2) is 6.79. The fraction of sp³-hybridized carbons (Fsp3) is 0.467. The van der Waals surface area contributed by atoms with E-state index in [1.165, 1.54) is 0 Å². The third-order valence-electron chi connectivity index (χ3n) is 3.55. The molecule has 2 amide bonds. The van der Waals surface area contributed by atoms with Gasteiger partial charge in [-0.05, 0) is 18.2 Å². The van der Waals surface area contributed by atoms with Crippen molar-refractivity contribution in [1.82, 2.24) is 10.2 Å². The number of rotatable bonds is 5. The molecule has 20 heavy (non-hydrogen) atoms. The minimum Gasteiger partial charge on any atom is -0.339 e. The molecule has 0 spiro atoms. The van der Waals surface area contributed by atoms with Crippen molar-refractivity contribution in [2.24, 2.45) is 0 Å². The topological polar surface area (TPSA) is 49.4 Å². The van der Waals surface area contributed by atoms with Gasteiger partial charge in [-0.25, -0.2) is 0 Å². The van der Waals surface area contributed by atoms with Gasteiger partial charge in [-0.2, -0.15) is 11.8 Å². The van der Waals surface area contributed by atoms with Crippen LogP contribution in [0, 0.1) is 0 Å². The van der Waals surface area contributed by atoms with Crippen LogP contribution < -0.4 is 5.32 Å². The Balaban J connectivity index is 2.24. The van der Waals surface area contributed by atoms with Crippen molar-refractivity contribution in [2.45, 2.75) is 25.4 Å². The molecular formula is C15H20N2O2S. The summed E-state index contributed by atoms with van der Waals surface area (Å²) in [4.78, 5) is 26.6. The smallest absolute Gasteiger partial charge is 0.250 e. The van der Waals surface area contributed by atoms with Gasteiger partial charge >= 0.3 is 0 Å². The first kappa shape index (κ1) is 14.9. The highest BCUT2D eigenvalue weighted by Crippen LogP contribution is 2.23. The second-order valence-corrected chi connectivity index (χ2v) is 5.79. The highest BCUT2D eigenvalue weighted by Gasteiger charge is 2.39. The maximum atomic E-state index is 12.6. The van der Waals surface area contributed by atoms with E-state index < -0.39 is 6.04 Å². The average molecular weight is 292 g/mol. The SMILES string of the molecule is CCC1C(=O)NC(c2ccccc2)C(=O)N1CCSC. The number of benzene rings is 1. The lowest BCUT2D eigenvalue weighted by Crippen LogP contribution is -2.59. The first-order valence-corrected chi connectivity index (χ1v) is 8.23. The van der Waals surface area contributed by atoms with Gasteiger partial charge in [-0.15, -0.1) is 0 Å². The number of carbonyl (C=O) groups excluding carboxylic acids is 2. The van der Waals surface area contributed by atoms with Gasteiger partial charge in [0.1, 0.15) is 12.1 Å². The van der Waals surface area contributed by atoms with Crippen molar-refractivity contribution < 1.29 is 9.59 Å². The molecule has 0 bridgehead atoms.